The summed E-state index contributed by atoms with van der Waals surface area (Å²) >= 11 is 0. The molecule has 0 saturated carbocycles. The molecule has 0 atom stereocenters. The Hall–Kier alpha value is -3.58. The Morgan fingerprint density at radius 3 is 2.92 bits per heavy atom. The zero-order valence-corrected chi connectivity index (χ0v) is 12.8. The molecule has 8 nitrogen and oxygen atoms in total. The van der Waals surface area contributed by atoms with Crippen molar-refractivity contribution in [2.45, 2.75) is 6.54 Å². The quantitative estimate of drug-likeness (QED) is 0.412. The molecular weight excluding hydrogens is 327 g/mol. The highest BCUT2D eigenvalue weighted by Gasteiger charge is 2.20. The van der Waals surface area contributed by atoms with Crippen molar-refractivity contribution in [3.05, 3.63) is 64.4 Å². The molecule has 0 spiro atoms. The van der Waals surface area contributed by atoms with Gasteiger partial charge in [0.1, 0.15) is 5.82 Å². The zero-order chi connectivity index (χ0) is 17.2. The van der Waals surface area contributed by atoms with Crippen LogP contribution in [0.3, 0.4) is 0 Å². The van der Waals surface area contributed by atoms with E-state index in [-0.39, 0.29) is 19.2 Å². The van der Waals surface area contributed by atoms with Crippen LogP contribution in [0.1, 0.15) is 5.69 Å². The van der Waals surface area contributed by atoms with Crippen molar-refractivity contribution in [1.29, 1.82) is 0 Å². The van der Waals surface area contributed by atoms with E-state index in [1.165, 1.54) is 16.8 Å². The molecule has 0 unspecified atom stereocenters. The van der Waals surface area contributed by atoms with Crippen LogP contribution in [-0.2, 0) is 6.54 Å². The van der Waals surface area contributed by atoms with Crippen LogP contribution in [0.25, 0.3) is 27.4 Å². The minimum absolute atomic E-state index is 0.0234. The van der Waals surface area contributed by atoms with Gasteiger partial charge >= 0.3 is 0 Å². The fourth-order valence-corrected chi connectivity index (χ4v) is 2.64. The highest BCUT2D eigenvalue weighted by molar-refractivity contribution is 5.68. The number of halogens is 1. The second-order valence-electron chi connectivity index (χ2n) is 5.23. The number of fused-ring (bicyclic) bond motifs is 1. The number of azide groups is 1. The first-order valence-corrected chi connectivity index (χ1v) is 7.37. The van der Waals surface area contributed by atoms with Crippen LogP contribution in [0.2, 0.25) is 0 Å². The summed E-state index contributed by atoms with van der Waals surface area (Å²) in [7, 11) is 0. The lowest BCUT2D eigenvalue weighted by molar-refractivity contribution is 0.174. The topological polar surface area (TPSA) is 97.9 Å². The highest BCUT2D eigenvalue weighted by atomic mass is 19.1. The third-order valence-electron chi connectivity index (χ3n) is 3.72. The van der Waals surface area contributed by atoms with Gasteiger partial charge in [0.15, 0.2) is 11.5 Å². The van der Waals surface area contributed by atoms with E-state index < -0.39 is 0 Å². The van der Waals surface area contributed by atoms with Crippen LogP contribution in [0, 0.1) is 5.82 Å². The lowest BCUT2D eigenvalue weighted by atomic mass is 10.1. The van der Waals surface area contributed by atoms with E-state index in [4.69, 9.17) is 15.0 Å². The summed E-state index contributed by atoms with van der Waals surface area (Å²) in [5.41, 5.74) is 10.9. The summed E-state index contributed by atoms with van der Waals surface area (Å²) in [5, 5.41) is 11.7. The molecule has 2 heterocycles. The average molecular weight is 338 g/mol. The molecule has 1 aliphatic heterocycles. The van der Waals surface area contributed by atoms with Gasteiger partial charge in [-0.25, -0.2) is 9.07 Å². The zero-order valence-electron chi connectivity index (χ0n) is 12.8. The van der Waals surface area contributed by atoms with E-state index in [2.05, 4.69) is 20.3 Å². The van der Waals surface area contributed by atoms with Gasteiger partial charge in [-0.1, -0.05) is 16.4 Å². The van der Waals surface area contributed by atoms with Crippen LogP contribution in [-0.4, -0.2) is 21.8 Å². The van der Waals surface area contributed by atoms with E-state index in [9.17, 15) is 4.39 Å². The maximum atomic E-state index is 13.6. The smallest absolute Gasteiger partial charge is 0.231 e. The van der Waals surface area contributed by atoms with Gasteiger partial charge in [0.2, 0.25) is 6.79 Å². The Labute approximate surface area is 141 Å². The number of hydrogen-bond donors (Lipinski definition) is 0. The number of rotatable bonds is 4. The van der Waals surface area contributed by atoms with Crippen molar-refractivity contribution < 1.29 is 13.9 Å². The molecule has 2 aromatic carbocycles. The Kier molecular flexibility index (Phi) is 3.68. The van der Waals surface area contributed by atoms with E-state index in [0.717, 1.165) is 5.56 Å². The molecule has 0 radical (unpaired) electrons. The second-order valence-corrected chi connectivity index (χ2v) is 5.23. The van der Waals surface area contributed by atoms with Crippen LogP contribution < -0.4 is 9.47 Å². The molecule has 4 rings (SSSR count). The van der Waals surface area contributed by atoms with Crippen molar-refractivity contribution >= 4 is 0 Å². The first-order chi connectivity index (χ1) is 12.3. The first-order valence-electron chi connectivity index (χ1n) is 7.37. The SMILES string of the molecule is [N-]=[N+]=NCc1nnn(-c2cccc(F)c2)c1-c1ccc2c(c1)OCO2. The van der Waals surface area contributed by atoms with Crippen LogP contribution >= 0.6 is 0 Å². The van der Waals surface area contributed by atoms with E-state index in [1.807, 2.05) is 6.07 Å². The fourth-order valence-electron chi connectivity index (χ4n) is 2.64. The van der Waals surface area contributed by atoms with Crippen molar-refractivity contribution in [2.75, 3.05) is 6.79 Å². The summed E-state index contributed by atoms with van der Waals surface area (Å²) in [4.78, 5) is 2.76. The molecular formula is C16H11FN6O2. The van der Waals surface area contributed by atoms with Crippen molar-refractivity contribution in [1.82, 2.24) is 15.0 Å². The van der Waals surface area contributed by atoms with Gasteiger partial charge in [0.25, 0.3) is 0 Å². The van der Waals surface area contributed by atoms with Crippen molar-refractivity contribution in [3.63, 3.8) is 0 Å². The molecule has 0 N–H and O–H groups in total. The number of ether oxygens (including phenoxy) is 2. The lowest BCUT2D eigenvalue weighted by Crippen LogP contribution is -2.00. The summed E-state index contributed by atoms with van der Waals surface area (Å²) in [6.07, 6.45) is 0. The van der Waals surface area contributed by atoms with Gasteiger partial charge in [-0.05, 0) is 41.9 Å². The largest absolute Gasteiger partial charge is 0.454 e. The van der Waals surface area contributed by atoms with E-state index in [0.29, 0.717) is 28.6 Å². The molecule has 9 heteroatoms. The van der Waals surface area contributed by atoms with Crippen molar-refractivity contribution in [2.24, 2.45) is 5.11 Å². The van der Waals surface area contributed by atoms with Gasteiger partial charge in [-0.3, -0.25) is 0 Å². The fraction of sp³-hybridized carbons (Fsp3) is 0.125. The molecule has 0 bridgehead atoms. The molecule has 25 heavy (non-hydrogen) atoms. The minimum atomic E-state index is -0.388. The van der Waals surface area contributed by atoms with Gasteiger partial charge < -0.3 is 9.47 Å². The molecule has 0 aliphatic carbocycles. The van der Waals surface area contributed by atoms with Crippen LogP contribution in [0.4, 0.5) is 4.39 Å². The van der Waals surface area contributed by atoms with E-state index in [1.54, 1.807) is 24.3 Å². The first kappa shape index (κ1) is 15.0. The summed E-state index contributed by atoms with van der Waals surface area (Å²) in [6, 6.07) is 11.4. The van der Waals surface area contributed by atoms with Crippen LogP contribution in [0.15, 0.2) is 47.6 Å². The number of nitrogens with zero attached hydrogens (tertiary/aromatic N) is 6. The van der Waals surface area contributed by atoms with Crippen LogP contribution in [0.5, 0.6) is 11.5 Å². The summed E-state index contributed by atoms with van der Waals surface area (Å²) < 4.78 is 25.8. The minimum Gasteiger partial charge on any atom is -0.454 e. The monoisotopic (exact) mass is 338 g/mol. The van der Waals surface area contributed by atoms with Crippen molar-refractivity contribution in [3.8, 4) is 28.4 Å². The molecule has 1 aromatic heterocycles. The van der Waals surface area contributed by atoms with Gasteiger partial charge in [0.05, 0.1) is 23.6 Å². The Bertz CT molecular complexity index is 996. The van der Waals surface area contributed by atoms with Gasteiger partial charge in [-0.2, -0.15) is 0 Å². The predicted molar refractivity (Wildman–Crippen MR) is 85.7 cm³/mol. The number of benzene rings is 2. The van der Waals surface area contributed by atoms with E-state index >= 15 is 0 Å². The lowest BCUT2D eigenvalue weighted by Gasteiger charge is -2.09. The third-order valence-corrected chi connectivity index (χ3v) is 3.72. The average Bonchev–Trinajstić information content (AvgIpc) is 3.25. The third kappa shape index (κ3) is 2.73. The maximum Gasteiger partial charge on any atom is 0.231 e. The summed E-state index contributed by atoms with van der Waals surface area (Å²) in [5.74, 6) is 0.852. The Morgan fingerprint density at radius 1 is 1.20 bits per heavy atom. The molecule has 0 saturated heterocycles. The molecule has 0 amide bonds. The number of hydrogen-bond acceptors (Lipinski definition) is 5. The maximum absolute atomic E-state index is 13.6. The normalized spacial score (nSPS) is 12.0. The molecule has 0 fully saturated rings. The molecule has 124 valence electrons. The highest BCUT2D eigenvalue weighted by Crippen LogP contribution is 2.37. The van der Waals surface area contributed by atoms with Gasteiger partial charge in [0, 0.05) is 10.5 Å². The molecule has 3 aromatic rings. The predicted octanol–water partition coefficient (Wildman–Crippen LogP) is 3.61. The molecule has 1 aliphatic rings. The Balaban J connectivity index is 1.89. The second kappa shape index (κ2) is 6.14. The standard InChI is InChI=1S/C16H11FN6O2/c17-11-2-1-3-12(7-11)23-16(13(20-22-23)8-19-21-18)10-4-5-14-15(6-10)25-9-24-14/h1-7H,8-9H2. The summed E-state index contributed by atoms with van der Waals surface area (Å²) in [6.45, 7) is 0.182. The Morgan fingerprint density at radius 2 is 2.08 bits per heavy atom. The van der Waals surface area contributed by atoms with Gasteiger partial charge in [-0.15, -0.1) is 5.10 Å². The number of aromatic nitrogens is 3.